The van der Waals surface area contributed by atoms with E-state index in [0.29, 0.717) is 0 Å². The van der Waals surface area contributed by atoms with Crippen LogP contribution in [0, 0.1) is 0 Å². The van der Waals surface area contributed by atoms with Gasteiger partial charge in [0.05, 0.1) is 0 Å². The molecule has 0 fully saturated rings. The van der Waals surface area contributed by atoms with Gasteiger partial charge in [0.1, 0.15) is 11.2 Å². The molecule has 0 aliphatic heterocycles. The van der Waals surface area contributed by atoms with Crippen molar-refractivity contribution in [1.29, 1.82) is 0 Å². The molecule has 0 N–H and O–H groups in total. The molecule has 0 saturated heterocycles. The number of hydrogen-bond acceptors (Lipinski definition) is 1. The smallest absolute Gasteiger partial charge is 0.136 e. The van der Waals surface area contributed by atoms with Crippen molar-refractivity contribution in [2.75, 3.05) is 0 Å². The lowest BCUT2D eigenvalue weighted by Crippen LogP contribution is -2.31. The Balaban J connectivity index is 0.920. The largest absolute Gasteiger partial charge is 0.456 e. The van der Waals surface area contributed by atoms with Crippen molar-refractivity contribution in [2.45, 2.75) is 32.1 Å². The second-order valence-corrected chi connectivity index (χ2v) is 17.5. The number of rotatable bonds is 3. The summed E-state index contributed by atoms with van der Waals surface area (Å²) >= 11 is 0. The van der Waals surface area contributed by atoms with Gasteiger partial charge in [-0.3, -0.25) is 0 Å². The molecule has 1 nitrogen and oxygen atoms in total. The minimum atomic E-state index is -0.120. The van der Waals surface area contributed by atoms with Crippen LogP contribution in [0.5, 0.6) is 0 Å². The molecule has 0 atom stereocenters. The second-order valence-electron chi connectivity index (χ2n) is 17.5. The van der Waals surface area contributed by atoms with Crippen molar-refractivity contribution in [3.05, 3.63) is 191 Å². The van der Waals surface area contributed by atoms with Gasteiger partial charge in [-0.05, 0) is 171 Å². The maximum Gasteiger partial charge on any atom is 0.136 e. The van der Waals surface area contributed by atoms with E-state index in [-0.39, 0.29) is 5.41 Å². The molecule has 60 heavy (non-hydrogen) atoms. The predicted molar refractivity (Wildman–Crippen MR) is 255 cm³/mol. The van der Waals surface area contributed by atoms with E-state index >= 15 is 0 Å². The van der Waals surface area contributed by atoms with Crippen LogP contribution >= 0.6 is 0 Å². The van der Waals surface area contributed by atoms with Gasteiger partial charge < -0.3 is 4.42 Å². The lowest BCUT2D eigenvalue weighted by Gasteiger charge is -2.22. The molecule has 13 rings (SSSR count). The van der Waals surface area contributed by atoms with Gasteiger partial charge in [0.15, 0.2) is 0 Å². The summed E-state index contributed by atoms with van der Waals surface area (Å²) in [7, 11) is 0. The van der Waals surface area contributed by atoms with Crippen LogP contribution in [0.25, 0.3) is 122 Å². The number of hydrogen-bond donors (Lipinski definition) is 0. The molecule has 0 amide bonds. The van der Waals surface area contributed by atoms with Gasteiger partial charge in [0.25, 0.3) is 0 Å². The number of furan rings is 1. The average molecular weight is 765 g/mol. The third kappa shape index (κ3) is 4.81. The topological polar surface area (TPSA) is 13.1 Å². The van der Waals surface area contributed by atoms with Gasteiger partial charge in [0, 0.05) is 16.2 Å². The number of fused-ring (bicyclic) bond motifs is 12. The molecule has 11 aromatic rings. The molecular weight excluding hydrogens is 725 g/mol. The zero-order valence-corrected chi connectivity index (χ0v) is 33.6. The van der Waals surface area contributed by atoms with Crippen molar-refractivity contribution < 1.29 is 4.42 Å². The summed E-state index contributed by atoms with van der Waals surface area (Å²) in [5, 5.41) is 15.3. The first kappa shape index (κ1) is 33.7. The molecule has 0 bridgehead atoms. The Labute approximate surface area is 348 Å². The van der Waals surface area contributed by atoms with Gasteiger partial charge in [-0.2, -0.15) is 0 Å². The summed E-state index contributed by atoms with van der Waals surface area (Å²) in [5.41, 5.74) is 14.9. The molecule has 0 saturated carbocycles. The first-order valence-corrected chi connectivity index (χ1v) is 21.3. The number of para-hydroxylation sites is 1. The van der Waals surface area contributed by atoms with Crippen LogP contribution in [0.3, 0.4) is 0 Å². The first-order valence-electron chi connectivity index (χ1n) is 21.3. The van der Waals surface area contributed by atoms with Crippen LogP contribution < -0.4 is 10.4 Å². The highest BCUT2D eigenvalue weighted by atomic mass is 16.3. The van der Waals surface area contributed by atoms with E-state index in [4.69, 9.17) is 4.42 Å². The third-order valence-corrected chi connectivity index (χ3v) is 13.8. The minimum absolute atomic E-state index is 0.120. The van der Waals surface area contributed by atoms with E-state index in [1.807, 2.05) is 6.07 Å². The van der Waals surface area contributed by atoms with Crippen molar-refractivity contribution in [1.82, 2.24) is 0 Å². The SMILES string of the molecule is CC1(C)c2ccc(-c3ccc4cc(-c5c6c(c(-c7ccc8ccccc8c7)c7ccccc57)=CCCC=6)ccc4c3)cc2-c2cc3ccc4oc5ccccc5c4c3cc21. The summed E-state index contributed by atoms with van der Waals surface area (Å²) in [6, 6.07) is 63.5. The van der Waals surface area contributed by atoms with Gasteiger partial charge in [0.2, 0.25) is 0 Å². The van der Waals surface area contributed by atoms with Crippen LogP contribution in [0.4, 0.5) is 0 Å². The Bertz CT molecular complexity index is 3800. The Hall–Kier alpha value is -7.22. The summed E-state index contributed by atoms with van der Waals surface area (Å²) < 4.78 is 6.28. The quantitative estimate of drug-likeness (QED) is 0.175. The predicted octanol–water partition coefficient (Wildman–Crippen LogP) is 14.9. The van der Waals surface area contributed by atoms with Crippen LogP contribution in [0.2, 0.25) is 0 Å². The zero-order chi connectivity index (χ0) is 39.7. The van der Waals surface area contributed by atoms with Gasteiger partial charge in [-0.1, -0.05) is 147 Å². The first-order chi connectivity index (χ1) is 29.5. The van der Waals surface area contributed by atoms with E-state index in [9.17, 15) is 0 Å². The third-order valence-electron chi connectivity index (χ3n) is 13.8. The van der Waals surface area contributed by atoms with E-state index in [1.54, 1.807) is 0 Å². The van der Waals surface area contributed by atoms with Crippen molar-refractivity contribution >= 4 is 77.2 Å². The maximum atomic E-state index is 6.28. The van der Waals surface area contributed by atoms with Gasteiger partial charge >= 0.3 is 0 Å². The molecule has 0 spiro atoms. The normalized spacial score (nSPS) is 14.1. The van der Waals surface area contributed by atoms with E-state index in [1.165, 1.54) is 120 Å². The van der Waals surface area contributed by atoms with E-state index < -0.39 is 0 Å². The fraction of sp³-hybridized carbons (Fsp3) is 0.0847. The van der Waals surface area contributed by atoms with Crippen LogP contribution in [-0.2, 0) is 5.41 Å². The van der Waals surface area contributed by atoms with Crippen molar-refractivity contribution in [3.63, 3.8) is 0 Å². The Morgan fingerprint density at radius 2 is 0.917 bits per heavy atom. The zero-order valence-electron chi connectivity index (χ0n) is 33.6. The summed E-state index contributed by atoms with van der Waals surface area (Å²) in [5.74, 6) is 0. The van der Waals surface area contributed by atoms with Crippen LogP contribution in [0.15, 0.2) is 174 Å². The fourth-order valence-corrected chi connectivity index (χ4v) is 10.9. The van der Waals surface area contributed by atoms with Crippen LogP contribution in [0.1, 0.15) is 37.8 Å². The standard InChI is InChI=1S/C59H40O/c1-59(2)52-27-25-40(32-50(52)51-33-41-26-28-55-58(49(41)34-53(51)59)48-17-9-10-18-54(48)60-55)38-20-21-39-31-43(24-22-37(39)29-38)57-46-15-7-5-13-44(46)56(45-14-6-8-16-47(45)57)42-23-19-35-11-3-4-12-36(35)30-42/h3-5,7,9-34H,6,8H2,1-2H3. The molecule has 282 valence electrons. The summed E-state index contributed by atoms with van der Waals surface area (Å²) in [6.45, 7) is 4.75. The Kier molecular flexibility index (Phi) is 6.97. The molecule has 10 aromatic carbocycles. The molecule has 0 radical (unpaired) electrons. The van der Waals surface area contributed by atoms with Crippen molar-refractivity contribution in [3.8, 4) is 44.5 Å². The molecule has 2 aliphatic carbocycles. The second kappa shape index (κ2) is 12.4. The maximum absolute atomic E-state index is 6.28. The monoisotopic (exact) mass is 764 g/mol. The van der Waals surface area contributed by atoms with E-state index in [0.717, 1.165) is 24.0 Å². The summed E-state index contributed by atoms with van der Waals surface area (Å²) in [6.07, 6.45) is 7.06. The molecule has 0 unspecified atom stereocenters. The minimum Gasteiger partial charge on any atom is -0.456 e. The summed E-state index contributed by atoms with van der Waals surface area (Å²) in [4.78, 5) is 0. The molecule has 1 heterocycles. The highest BCUT2D eigenvalue weighted by Gasteiger charge is 2.36. The molecule has 1 heteroatoms. The van der Waals surface area contributed by atoms with Gasteiger partial charge in [-0.25, -0.2) is 0 Å². The van der Waals surface area contributed by atoms with Crippen molar-refractivity contribution in [2.24, 2.45) is 0 Å². The lowest BCUT2D eigenvalue weighted by atomic mass is 9.81. The molecule has 2 aliphatic rings. The van der Waals surface area contributed by atoms with Crippen LogP contribution in [-0.4, -0.2) is 0 Å². The highest BCUT2D eigenvalue weighted by Crippen LogP contribution is 2.52. The molecular formula is C59H40O. The highest BCUT2D eigenvalue weighted by molar-refractivity contribution is 6.20. The number of benzene rings is 10. The average Bonchev–Trinajstić information content (AvgIpc) is 3.78. The van der Waals surface area contributed by atoms with Gasteiger partial charge in [-0.15, -0.1) is 0 Å². The van der Waals surface area contributed by atoms with E-state index in [2.05, 4.69) is 190 Å². The Morgan fingerprint density at radius 3 is 1.65 bits per heavy atom. The lowest BCUT2D eigenvalue weighted by molar-refractivity contribution is 0.661. The molecule has 1 aromatic heterocycles. The fourth-order valence-electron chi connectivity index (χ4n) is 10.9. The Morgan fingerprint density at radius 1 is 0.383 bits per heavy atom.